The number of hydrogen-bond donors (Lipinski definition) is 0. The van der Waals surface area contributed by atoms with E-state index in [9.17, 15) is 9.18 Å². The molecular weight excluding hydrogens is 371 g/mol. The van der Waals surface area contributed by atoms with Gasteiger partial charge in [-0.2, -0.15) is 0 Å². The van der Waals surface area contributed by atoms with E-state index >= 15 is 0 Å². The highest BCUT2D eigenvalue weighted by atomic mass is 79.9. The van der Waals surface area contributed by atoms with Gasteiger partial charge < -0.3 is 0 Å². The Labute approximate surface area is 119 Å². The second kappa shape index (κ2) is 5.42. The standard InChI is InChI=1S/C12H7Br2FOS/c13-7-1-3-10(15)9(5-7)11(16)6-8-2-4-12(14)17-8/h1-5H,6H2. The van der Waals surface area contributed by atoms with Gasteiger partial charge in [-0.3, -0.25) is 4.79 Å². The van der Waals surface area contributed by atoms with Gasteiger partial charge in [-0.1, -0.05) is 15.9 Å². The van der Waals surface area contributed by atoms with E-state index in [2.05, 4.69) is 31.9 Å². The van der Waals surface area contributed by atoms with Gasteiger partial charge in [0.2, 0.25) is 0 Å². The summed E-state index contributed by atoms with van der Waals surface area (Å²) < 4.78 is 15.2. The van der Waals surface area contributed by atoms with Gasteiger partial charge in [0, 0.05) is 15.8 Å². The fourth-order valence-corrected chi connectivity index (χ4v) is 3.25. The monoisotopic (exact) mass is 376 g/mol. The summed E-state index contributed by atoms with van der Waals surface area (Å²) in [6, 6.07) is 8.13. The summed E-state index contributed by atoms with van der Waals surface area (Å²) >= 11 is 8.04. The van der Waals surface area contributed by atoms with Crippen LogP contribution in [-0.4, -0.2) is 5.78 Å². The molecule has 17 heavy (non-hydrogen) atoms. The first-order valence-corrected chi connectivity index (χ1v) is 7.19. The molecule has 0 bridgehead atoms. The minimum atomic E-state index is -0.478. The van der Waals surface area contributed by atoms with Gasteiger partial charge in [-0.25, -0.2) is 4.39 Å². The first-order chi connectivity index (χ1) is 8.06. The number of Topliss-reactive ketones (excluding diaryl/α,β-unsaturated/α-hetero) is 1. The molecule has 1 nitrogen and oxygen atoms in total. The van der Waals surface area contributed by atoms with Crippen molar-refractivity contribution in [3.8, 4) is 0 Å². The van der Waals surface area contributed by atoms with Crippen LogP contribution in [0.1, 0.15) is 15.2 Å². The zero-order chi connectivity index (χ0) is 12.4. The number of ketones is 1. The Kier molecular flexibility index (Phi) is 4.12. The summed E-state index contributed by atoms with van der Waals surface area (Å²) in [7, 11) is 0. The van der Waals surface area contributed by atoms with Crippen LogP contribution in [-0.2, 0) is 6.42 Å². The average molecular weight is 378 g/mol. The highest BCUT2D eigenvalue weighted by Gasteiger charge is 2.13. The maximum atomic E-state index is 13.5. The van der Waals surface area contributed by atoms with Crippen molar-refractivity contribution < 1.29 is 9.18 Å². The maximum absolute atomic E-state index is 13.5. The maximum Gasteiger partial charge on any atom is 0.171 e. The first kappa shape index (κ1) is 12.9. The van der Waals surface area contributed by atoms with Crippen LogP contribution in [0.25, 0.3) is 0 Å². The largest absolute Gasteiger partial charge is 0.294 e. The quantitative estimate of drug-likeness (QED) is 0.699. The molecule has 0 N–H and O–H groups in total. The number of rotatable bonds is 3. The van der Waals surface area contributed by atoms with E-state index in [1.165, 1.54) is 23.5 Å². The third kappa shape index (κ3) is 3.24. The summed E-state index contributed by atoms with van der Waals surface area (Å²) in [6.45, 7) is 0. The van der Waals surface area contributed by atoms with Gasteiger partial charge in [0.25, 0.3) is 0 Å². The van der Waals surface area contributed by atoms with Crippen LogP contribution in [0.4, 0.5) is 4.39 Å². The molecule has 0 aliphatic heterocycles. The summed E-state index contributed by atoms with van der Waals surface area (Å²) in [5.41, 5.74) is 0.129. The van der Waals surface area contributed by atoms with Crippen molar-refractivity contribution in [1.82, 2.24) is 0 Å². The van der Waals surface area contributed by atoms with Crippen LogP contribution in [0, 0.1) is 5.82 Å². The Balaban J connectivity index is 2.22. The Hall–Kier alpha value is -0.520. The van der Waals surface area contributed by atoms with Crippen LogP contribution in [0.3, 0.4) is 0 Å². The summed E-state index contributed by atoms with van der Waals surface area (Å²) in [6.07, 6.45) is 0.226. The lowest BCUT2D eigenvalue weighted by Gasteiger charge is -2.02. The van der Waals surface area contributed by atoms with Gasteiger partial charge in [0.05, 0.1) is 9.35 Å². The van der Waals surface area contributed by atoms with Gasteiger partial charge in [0.1, 0.15) is 5.82 Å². The Morgan fingerprint density at radius 3 is 2.65 bits per heavy atom. The van der Waals surface area contributed by atoms with Crippen molar-refractivity contribution in [2.75, 3.05) is 0 Å². The molecule has 0 unspecified atom stereocenters. The smallest absolute Gasteiger partial charge is 0.171 e. The third-order valence-electron chi connectivity index (χ3n) is 2.19. The van der Waals surface area contributed by atoms with Crippen LogP contribution in [0.15, 0.2) is 38.6 Å². The topological polar surface area (TPSA) is 17.1 Å². The second-order valence-electron chi connectivity index (χ2n) is 3.43. The van der Waals surface area contributed by atoms with Crippen LogP contribution >= 0.6 is 43.2 Å². The molecule has 0 amide bonds. The predicted molar refractivity (Wildman–Crippen MR) is 74.2 cm³/mol. The molecule has 0 radical (unpaired) electrons. The molecule has 1 heterocycles. The lowest BCUT2D eigenvalue weighted by molar-refractivity contribution is 0.0990. The average Bonchev–Trinajstić information content (AvgIpc) is 2.67. The van der Waals surface area contributed by atoms with E-state index in [1.807, 2.05) is 12.1 Å². The molecule has 0 aliphatic rings. The van der Waals surface area contributed by atoms with Crippen molar-refractivity contribution in [1.29, 1.82) is 0 Å². The van der Waals surface area contributed by atoms with Crippen molar-refractivity contribution >= 4 is 49.0 Å². The zero-order valence-electron chi connectivity index (χ0n) is 8.54. The van der Waals surface area contributed by atoms with Gasteiger partial charge >= 0.3 is 0 Å². The fourth-order valence-electron chi connectivity index (χ4n) is 1.41. The Bertz CT molecular complexity index is 565. The van der Waals surface area contributed by atoms with Crippen molar-refractivity contribution in [2.24, 2.45) is 0 Å². The molecule has 0 aliphatic carbocycles. The number of benzene rings is 1. The van der Waals surface area contributed by atoms with Gasteiger partial charge in [0.15, 0.2) is 5.78 Å². The van der Waals surface area contributed by atoms with Crippen molar-refractivity contribution in [3.63, 3.8) is 0 Å². The second-order valence-corrected chi connectivity index (χ2v) is 6.89. The highest BCUT2D eigenvalue weighted by Crippen LogP contribution is 2.24. The normalized spacial score (nSPS) is 10.5. The summed E-state index contributed by atoms with van der Waals surface area (Å²) in [4.78, 5) is 12.8. The molecule has 1 aromatic carbocycles. The molecule has 0 atom stereocenters. The van der Waals surface area contributed by atoms with E-state index in [0.29, 0.717) is 4.47 Å². The van der Waals surface area contributed by atoms with Gasteiger partial charge in [-0.05, 0) is 46.3 Å². The van der Waals surface area contributed by atoms with E-state index in [-0.39, 0.29) is 17.8 Å². The molecular formula is C12H7Br2FOS. The number of thiophene rings is 1. The molecule has 2 aromatic rings. The highest BCUT2D eigenvalue weighted by molar-refractivity contribution is 9.11. The van der Waals surface area contributed by atoms with Crippen LogP contribution in [0.2, 0.25) is 0 Å². The number of carbonyl (C=O) groups excluding carboxylic acids is 1. The Morgan fingerprint density at radius 2 is 2.00 bits per heavy atom. The number of halogens is 3. The van der Waals surface area contributed by atoms with E-state index in [4.69, 9.17) is 0 Å². The van der Waals surface area contributed by atoms with Crippen LogP contribution < -0.4 is 0 Å². The minimum absolute atomic E-state index is 0.129. The molecule has 0 saturated carbocycles. The zero-order valence-corrected chi connectivity index (χ0v) is 12.5. The summed E-state index contributed by atoms with van der Waals surface area (Å²) in [5, 5.41) is 0. The first-order valence-electron chi connectivity index (χ1n) is 4.79. The van der Waals surface area contributed by atoms with E-state index in [1.54, 1.807) is 6.07 Å². The van der Waals surface area contributed by atoms with Gasteiger partial charge in [-0.15, -0.1) is 11.3 Å². The molecule has 2 rings (SSSR count). The van der Waals surface area contributed by atoms with E-state index in [0.717, 1.165) is 8.66 Å². The lowest BCUT2D eigenvalue weighted by atomic mass is 10.1. The lowest BCUT2D eigenvalue weighted by Crippen LogP contribution is -2.05. The summed E-state index contributed by atoms with van der Waals surface area (Å²) in [5.74, 6) is -0.688. The molecule has 1 aromatic heterocycles. The third-order valence-corrected chi connectivity index (χ3v) is 4.31. The predicted octanol–water partition coefficient (Wildman–Crippen LogP) is 4.84. The molecule has 5 heteroatoms. The fraction of sp³-hybridized carbons (Fsp3) is 0.0833. The van der Waals surface area contributed by atoms with Crippen LogP contribution in [0.5, 0.6) is 0 Å². The van der Waals surface area contributed by atoms with E-state index < -0.39 is 5.82 Å². The number of carbonyl (C=O) groups is 1. The van der Waals surface area contributed by atoms with Crippen molar-refractivity contribution in [2.45, 2.75) is 6.42 Å². The Morgan fingerprint density at radius 1 is 1.24 bits per heavy atom. The molecule has 88 valence electrons. The number of hydrogen-bond acceptors (Lipinski definition) is 2. The molecule has 0 fully saturated rings. The SMILES string of the molecule is O=C(Cc1ccc(Br)s1)c1cc(Br)ccc1F. The van der Waals surface area contributed by atoms with Crippen molar-refractivity contribution in [3.05, 3.63) is 54.8 Å². The molecule has 0 spiro atoms. The molecule has 0 saturated heterocycles. The minimum Gasteiger partial charge on any atom is -0.294 e.